The fourth-order valence-electron chi connectivity index (χ4n) is 1.62. The number of halogens is 4. The molecule has 0 saturated heterocycles. The van der Waals surface area contributed by atoms with Gasteiger partial charge < -0.3 is 5.32 Å². The van der Waals surface area contributed by atoms with Gasteiger partial charge in [-0.05, 0) is 31.0 Å². The Balaban J connectivity index is 3.03. The first-order valence-corrected chi connectivity index (χ1v) is 6.68. The van der Waals surface area contributed by atoms with E-state index in [0.717, 1.165) is 12.5 Å². The lowest BCUT2D eigenvalue weighted by Crippen LogP contribution is -2.25. The summed E-state index contributed by atoms with van der Waals surface area (Å²) in [5.74, 6) is 0.310. The number of hydrogen-bond donors (Lipinski definition) is 1. The number of nitrogens with one attached hydrogen (secondary N) is 1. The number of rotatable bonds is 4. The van der Waals surface area contributed by atoms with Crippen LogP contribution in [0.2, 0.25) is 0 Å². The van der Waals surface area contributed by atoms with Crippen LogP contribution >= 0.6 is 15.9 Å². The zero-order valence-corrected chi connectivity index (χ0v) is 12.2. The van der Waals surface area contributed by atoms with E-state index in [1.165, 1.54) is 12.1 Å². The molecule has 0 aliphatic carbocycles. The smallest absolute Gasteiger partial charge is 0.382 e. The highest BCUT2D eigenvalue weighted by Gasteiger charge is 2.33. The van der Waals surface area contributed by atoms with Crippen molar-refractivity contribution in [2.24, 2.45) is 5.92 Å². The molecule has 1 aromatic carbocycles. The summed E-state index contributed by atoms with van der Waals surface area (Å²) in [6.07, 6.45) is -3.41. The molecule has 0 saturated carbocycles. The molecule has 0 aliphatic heterocycles. The first-order chi connectivity index (χ1) is 8.25. The molecule has 18 heavy (non-hydrogen) atoms. The van der Waals surface area contributed by atoms with Gasteiger partial charge in [-0.15, -0.1) is 0 Å². The van der Waals surface area contributed by atoms with Crippen LogP contribution in [0.15, 0.2) is 22.7 Å². The Labute approximate surface area is 114 Å². The standard InChI is InChI=1S/C13H17BrF3N/c1-4-8(2)9(3)18-12-7-10(14)5-6-11(12)13(15,16)17/h5-9,18H,4H2,1-3H3. The van der Waals surface area contributed by atoms with Crippen LogP contribution in [0.3, 0.4) is 0 Å². The highest BCUT2D eigenvalue weighted by atomic mass is 79.9. The normalized spacial score (nSPS) is 15.3. The third-order valence-corrected chi connectivity index (χ3v) is 3.66. The molecule has 102 valence electrons. The van der Waals surface area contributed by atoms with Gasteiger partial charge in [-0.2, -0.15) is 13.2 Å². The molecule has 0 amide bonds. The number of hydrogen-bond acceptors (Lipinski definition) is 1. The van der Waals surface area contributed by atoms with Crippen LogP contribution < -0.4 is 5.32 Å². The van der Waals surface area contributed by atoms with Gasteiger partial charge in [0.1, 0.15) is 0 Å². The van der Waals surface area contributed by atoms with Crippen molar-refractivity contribution in [3.63, 3.8) is 0 Å². The fourth-order valence-corrected chi connectivity index (χ4v) is 1.99. The van der Waals surface area contributed by atoms with Crippen LogP contribution in [0.25, 0.3) is 0 Å². The first-order valence-electron chi connectivity index (χ1n) is 5.89. The predicted octanol–water partition coefficient (Wildman–Crippen LogP) is 5.31. The molecule has 1 aromatic rings. The van der Waals surface area contributed by atoms with Crippen molar-refractivity contribution >= 4 is 21.6 Å². The summed E-state index contributed by atoms with van der Waals surface area (Å²) in [6.45, 7) is 5.94. The summed E-state index contributed by atoms with van der Waals surface area (Å²) in [7, 11) is 0. The van der Waals surface area contributed by atoms with Crippen LogP contribution in [0, 0.1) is 5.92 Å². The van der Waals surface area contributed by atoms with Crippen LogP contribution in [0.5, 0.6) is 0 Å². The van der Waals surface area contributed by atoms with Gasteiger partial charge in [0.25, 0.3) is 0 Å². The van der Waals surface area contributed by atoms with E-state index in [4.69, 9.17) is 0 Å². The Morgan fingerprint density at radius 1 is 1.28 bits per heavy atom. The summed E-state index contributed by atoms with van der Waals surface area (Å²) < 4.78 is 39.2. The molecule has 5 heteroatoms. The Morgan fingerprint density at radius 3 is 2.39 bits per heavy atom. The van der Waals surface area contributed by atoms with Crippen LogP contribution in [0.1, 0.15) is 32.8 Å². The second-order valence-corrected chi connectivity index (χ2v) is 5.42. The molecule has 2 atom stereocenters. The van der Waals surface area contributed by atoms with Crippen molar-refractivity contribution in [3.8, 4) is 0 Å². The third kappa shape index (κ3) is 3.90. The third-order valence-electron chi connectivity index (χ3n) is 3.17. The molecule has 0 aromatic heterocycles. The Morgan fingerprint density at radius 2 is 1.89 bits per heavy atom. The van der Waals surface area contributed by atoms with Gasteiger partial charge in [0.15, 0.2) is 0 Å². The van der Waals surface area contributed by atoms with E-state index in [0.29, 0.717) is 10.4 Å². The lowest BCUT2D eigenvalue weighted by molar-refractivity contribution is -0.137. The zero-order chi connectivity index (χ0) is 13.9. The number of anilines is 1. The number of alkyl halides is 3. The van der Waals surface area contributed by atoms with Gasteiger partial charge in [0.2, 0.25) is 0 Å². The Bertz CT molecular complexity index is 404. The second-order valence-electron chi connectivity index (χ2n) is 4.51. The molecule has 0 bridgehead atoms. The molecular weight excluding hydrogens is 307 g/mol. The highest BCUT2D eigenvalue weighted by molar-refractivity contribution is 9.10. The van der Waals surface area contributed by atoms with Crippen molar-refractivity contribution in [2.45, 2.75) is 39.4 Å². The van der Waals surface area contributed by atoms with E-state index < -0.39 is 11.7 Å². The lowest BCUT2D eigenvalue weighted by atomic mass is 10.00. The summed E-state index contributed by atoms with van der Waals surface area (Å²) in [6, 6.07) is 3.96. The quantitative estimate of drug-likeness (QED) is 0.791. The maximum absolute atomic E-state index is 12.9. The second kappa shape index (κ2) is 5.95. The summed E-state index contributed by atoms with van der Waals surface area (Å²) in [4.78, 5) is 0. The van der Waals surface area contributed by atoms with Crippen LogP contribution in [-0.2, 0) is 6.18 Å². The molecule has 1 rings (SSSR count). The Hall–Kier alpha value is -0.710. The SMILES string of the molecule is CCC(C)C(C)Nc1cc(Br)ccc1C(F)(F)F. The van der Waals surface area contributed by atoms with Crippen LogP contribution in [-0.4, -0.2) is 6.04 Å². The summed E-state index contributed by atoms with van der Waals surface area (Å²) >= 11 is 3.20. The van der Waals surface area contributed by atoms with Crippen molar-refractivity contribution in [3.05, 3.63) is 28.2 Å². The molecule has 0 radical (unpaired) electrons. The van der Waals surface area contributed by atoms with E-state index in [1.54, 1.807) is 0 Å². The number of benzene rings is 1. The predicted molar refractivity (Wildman–Crippen MR) is 71.7 cm³/mol. The Kier molecular flexibility index (Phi) is 5.08. The van der Waals surface area contributed by atoms with Gasteiger partial charge in [-0.1, -0.05) is 36.2 Å². The van der Waals surface area contributed by atoms with E-state index >= 15 is 0 Å². The van der Waals surface area contributed by atoms with Gasteiger partial charge in [0.05, 0.1) is 5.56 Å². The lowest BCUT2D eigenvalue weighted by Gasteiger charge is -2.23. The minimum atomic E-state index is -4.34. The van der Waals surface area contributed by atoms with Gasteiger partial charge in [0, 0.05) is 16.2 Å². The van der Waals surface area contributed by atoms with E-state index in [2.05, 4.69) is 21.2 Å². The first kappa shape index (κ1) is 15.3. The highest BCUT2D eigenvalue weighted by Crippen LogP contribution is 2.36. The summed E-state index contributed by atoms with van der Waals surface area (Å²) in [5.41, 5.74) is -0.495. The van der Waals surface area contributed by atoms with Gasteiger partial charge in [-0.3, -0.25) is 0 Å². The zero-order valence-electron chi connectivity index (χ0n) is 10.6. The molecule has 0 aliphatic rings. The molecule has 2 unspecified atom stereocenters. The molecule has 0 spiro atoms. The topological polar surface area (TPSA) is 12.0 Å². The minimum absolute atomic E-state index is 0.00889. The average Bonchev–Trinajstić information content (AvgIpc) is 2.26. The van der Waals surface area contributed by atoms with Gasteiger partial charge in [-0.25, -0.2) is 0 Å². The molecule has 0 fully saturated rings. The van der Waals surface area contributed by atoms with Crippen molar-refractivity contribution < 1.29 is 13.2 Å². The fraction of sp³-hybridized carbons (Fsp3) is 0.538. The largest absolute Gasteiger partial charge is 0.418 e. The maximum Gasteiger partial charge on any atom is 0.418 e. The van der Waals surface area contributed by atoms with E-state index in [1.807, 2.05) is 20.8 Å². The van der Waals surface area contributed by atoms with Crippen molar-refractivity contribution in [1.82, 2.24) is 0 Å². The molecular formula is C13H17BrF3N. The van der Waals surface area contributed by atoms with E-state index in [9.17, 15) is 13.2 Å². The van der Waals surface area contributed by atoms with Gasteiger partial charge >= 0.3 is 6.18 Å². The van der Waals surface area contributed by atoms with E-state index in [-0.39, 0.29) is 11.7 Å². The molecule has 0 heterocycles. The monoisotopic (exact) mass is 323 g/mol. The summed E-state index contributed by atoms with van der Waals surface area (Å²) in [5, 5.41) is 2.96. The van der Waals surface area contributed by atoms with Crippen molar-refractivity contribution in [2.75, 3.05) is 5.32 Å². The van der Waals surface area contributed by atoms with Crippen LogP contribution in [0.4, 0.5) is 18.9 Å². The maximum atomic E-state index is 12.9. The minimum Gasteiger partial charge on any atom is -0.382 e. The average molecular weight is 324 g/mol. The van der Waals surface area contributed by atoms with Crippen molar-refractivity contribution in [1.29, 1.82) is 0 Å². The molecule has 1 nitrogen and oxygen atoms in total. The molecule has 1 N–H and O–H groups in total.